The molecule has 0 bridgehead atoms. The highest BCUT2D eigenvalue weighted by Gasteiger charge is 2.12. The van der Waals surface area contributed by atoms with E-state index in [0.717, 1.165) is 16.9 Å². The standard InChI is InChI=1S/C21H20N6O3/c1-29-17-7-5-15(6-8-17)20-25-19(30-26-20)10-9-18(28)23-14-16-4-2-11-22-21(16)27-13-3-12-24-27/h2-8,11-13H,9-10,14H2,1H3,(H,23,28). The van der Waals surface area contributed by atoms with Gasteiger partial charge in [-0.2, -0.15) is 10.1 Å². The molecule has 4 rings (SSSR count). The number of ether oxygens (including phenoxy) is 1. The van der Waals surface area contributed by atoms with Gasteiger partial charge in [0.25, 0.3) is 0 Å². The Morgan fingerprint density at radius 2 is 2.03 bits per heavy atom. The molecule has 0 saturated carbocycles. The summed E-state index contributed by atoms with van der Waals surface area (Å²) in [6.07, 6.45) is 5.78. The molecule has 3 aromatic heterocycles. The predicted molar refractivity (Wildman–Crippen MR) is 108 cm³/mol. The van der Waals surface area contributed by atoms with Crippen molar-refractivity contribution in [1.82, 2.24) is 30.2 Å². The van der Waals surface area contributed by atoms with Gasteiger partial charge in [0.2, 0.25) is 17.6 Å². The molecule has 9 heteroatoms. The number of pyridine rings is 1. The van der Waals surface area contributed by atoms with Crippen LogP contribution in [0.4, 0.5) is 0 Å². The first-order chi connectivity index (χ1) is 14.7. The second kappa shape index (κ2) is 8.99. The summed E-state index contributed by atoms with van der Waals surface area (Å²) < 4.78 is 12.1. The minimum absolute atomic E-state index is 0.116. The Balaban J connectivity index is 1.31. The van der Waals surface area contributed by atoms with Gasteiger partial charge in [-0.25, -0.2) is 9.67 Å². The van der Waals surface area contributed by atoms with E-state index >= 15 is 0 Å². The minimum atomic E-state index is -0.116. The number of rotatable bonds is 8. The van der Waals surface area contributed by atoms with Crippen LogP contribution in [0.2, 0.25) is 0 Å². The second-order valence-corrected chi connectivity index (χ2v) is 6.45. The van der Waals surface area contributed by atoms with Crippen molar-refractivity contribution < 1.29 is 14.1 Å². The van der Waals surface area contributed by atoms with Crippen molar-refractivity contribution in [3.63, 3.8) is 0 Å². The number of methoxy groups -OCH3 is 1. The Morgan fingerprint density at radius 3 is 2.80 bits per heavy atom. The molecule has 1 amide bonds. The minimum Gasteiger partial charge on any atom is -0.497 e. The number of nitrogens with zero attached hydrogens (tertiary/aromatic N) is 5. The van der Waals surface area contributed by atoms with Crippen molar-refractivity contribution >= 4 is 5.91 Å². The molecule has 0 fully saturated rings. The number of aromatic nitrogens is 5. The van der Waals surface area contributed by atoms with Gasteiger partial charge in [-0.1, -0.05) is 11.2 Å². The number of aryl methyl sites for hydroxylation is 1. The molecule has 0 aliphatic carbocycles. The lowest BCUT2D eigenvalue weighted by Gasteiger charge is -2.09. The quantitative estimate of drug-likeness (QED) is 0.481. The van der Waals surface area contributed by atoms with Gasteiger partial charge in [0, 0.05) is 49.1 Å². The molecule has 0 unspecified atom stereocenters. The summed E-state index contributed by atoms with van der Waals surface area (Å²) in [6.45, 7) is 0.350. The summed E-state index contributed by atoms with van der Waals surface area (Å²) in [7, 11) is 1.61. The molecule has 3 heterocycles. The first-order valence-corrected chi connectivity index (χ1v) is 9.40. The smallest absolute Gasteiger partial charge is 0.227 e. The second-order valence-electron chi connectivity index (χ2n) is 6.45. The van der Waals surface area contributed by atoms with Gasteiger partial charge in [-0.3, -0.25) is 4.79 Å². The highest BCUT2D eigenvalue weighted by atomic mass is 16.5. The molecule has 0 saturated heterocycles. The van der Waals surface area contributed by atoms with Crippen LogP contribution in [0.3, 0.4) is 0 Å². The largest absolute Gasteiger partial charge is 0.497 e. The molecule has 30 heavy (non-hydrogen) atoms. The van der Waals surface area contributed by atoms with Gasteiger partial charge in [-0.05, 0) is 36.4 Å². The molecule has 0 radical (unpaired) electrons. The summed E-state index contributed by atoms with van der Waals surface area (Å²) in [5, 5.41) is 11.1. The fraction of sp³-hybridized carbons (Fsp3) is 0.190. The summed E-state index contributed by atoms with van der Waals surface area (Å²) >= 11 is 0. The molecule has 152 valence electrons. The molecule has 0 atom stereocenters. The lowest BCUT2D eigenvalue weighted by atomic mass is 10.2. The van der Waals surface area contributed by atoms with Crippen LogP contribution in [-0.2, 0) is 17.8 Å². The van der Waals surface area contributed by atoms with Crippen LogP contribution in [0.15, 0.2) is 65.6 Å². The topological polar surface area (TPSA) is 108 Å². The van der Waals surface area contributed by atoms with Crippen molar-refractivity contribution in [2.75, 3.05) is 7.11 Å². The number of carbonyl (C=O) groups is 1. The third kappa shape index (κ3) is 4.52. The van der Waals surface area contributed by atoms with Gasteiger partial charge in [0.1, 0.15) is 5.75 Å². The van der Waals surface area contributed by atoms with Crippen molar-refractivity contribution in [1.29, 1.82) is 0 Å². The maximum atomic E-state index is 12.3. The Hall–Kier alpha value is -4.01. The van der Waals surface area contributed by atoms with E-state index < -0.39 is 0 Å². The zero-order valence-corrected chi connectivity index (χ0v) is 16.4. The van der Waals surface area contributed by atoms with E-state index in [0.29, 0.717) is 30.5 Å². The number of benzene rings is 1. The first-order valence-electron chi connectivity index (χ1n) is 9.40. The van der Waals surface area contributed by atoms with E-state index in [1.807, 2.05) is 48.7 Å². The lowest BCUT2D eigenvalue weighted by Crippen LogP contribution is -2.24. The maximum absolute atomic E-state index is 12.3. The first kappa shape index (κ1) is 19.3. The van der Waals surface area contributed by atoms with Crippen molar-refractivity contribution in [3.8, 4) is 23.0 Å². The van der Waals surface area contributed by atoms with Crippen LogP contribution < -0.4 is 10.1 Å². The van der Waals surface area contributed by atoms with Gasteiger partial charge in [0.15, 0.2) is 5.82 Å². The zero-order chi connectivity index (χ0) is 20.8. The van der Waals surface area contributed by atoms with Gasteiger partial charge >= 0.3 is 0 Å². The van der Waals surface area contributed by atoms with E-state index in [9.17, 15) is 4.79 Å². The average Bonchev–Trinajstić information content (AvgIpc) is 3.49. The van der Waals surface area contributed by atoms with E-state index in [1.165, 1.54) is 0 Å². The average molecular weight is 404 g/mol. The SMILES string of the molecule is COc1ccc(-c2noc(CCC(=O)NCc3cccnc3-n3cccn3)n2)cc1. The maximum Gasteiger partial charge on any atom is 0.227 e. The van der Waals surface area contributed by atoms with Crippen LogP contribution in [0.25, 0.3) is 17.2 Å². The van der Waals surface area contributed by atoms with Gasteiger partial charge in [-0.15, -0.1) is 0 Å². The summed E-state index contributed by atoms with van der Waals surface area (Å²) in [5.41, 5.74) is 1.69. The molecular weight excluding hydrogens is 384 g/mol. The van der Waals surface area contributed by atoms with E-state index in [4.69, 9.17) is 9.26 Å². The van der Waals surface area contributed by atoms with E-state index in [2.05, 4.69) is 25.5 Å². The number of carbonyl (C=O) groups excluding carboxylic acids is 1. The Kier molecular flexibility index (Phi) is 5.79. The third-order valence-corrected chi connectivity index (χ3v) is 4.45. The fourth-order valence-electron chi connectivity index (χ4n) is 2.89. The summed E-state index contributed by atoms with van der Waals surface area (Å²) in [6, 6.07) is 12.9. The molecule has 4 aromatic rings. The molecule has 0 spiro atoms. The van der Waals surface area contributed by atoms with E-state index in [1.54, 1.807) is 24.2 Å². The van der Waals surface area contributed by atoms with Crippen LogP contribution in [-0.4, -0.2) is 37.9 Å². The Bertz CT molecular complexity index is 1110. The zero-order valence-electron chi connectivity index (χ0n) is 16.4. The monoisotopic (exact) mass is 404 g/mol. The summed E-state index contributed by atoms with van der Waals surface area (Å²) in [4.78, 5) is 21.0. The fourth-order valence-corrected chi connectivity index (χ4v) is 2.89. The number of hydrogen-bond acceptors (Lipinski definition) is 7. The van der Waals surface area contributed by atoms with Crippen molar-refractivity contribution in [3.05, 3.63) is 72.5 Å². The highest BCUT2D eigenvalue weighted by Crippen LogP contribution is 2.20. The van der Waals surface area contributed by atoms with Crippen molar-refractivity contribution in [2.45, 2.75) is 19.4 Å². The Morgan fingerprint density at radius 1 is 1.17 bits per heavy atom. The van der Waals surface area contributed by atoms with Crippen LogP contribution in [0.5, 0.6) is 5.75 Å². The molecule has 9 nitrogen and oxygen atoms in total. The molecule has 0 aliphatic rings. The highest BCUT2D eigenvalue weighted by molar-refractivity contribution is 5.76. The summed E-state index contributed by atoms with van der Waals surface area (Å²) in [5.74, 6) is 2.21. The number of amides is 1. The van der Waals surface area contributed by atoms with Crippen LogP contribution in [0, 0.1) is 0 Å². The van der Waals surface area contributed by atoms with Crippen LogP contribution in [0.1, 0.15) is 17.9 Å². The number of nitrogens with one attached hydrogen (secondary N) is 1. The Labute approximate surface area is 172 Å². The normalized spacial score (nSPS) is 10.7. The molecule has 1 N–H and O–H groups in total. The predicted octanol–water partition coefficient (Wildman–Crippen LogP) is 2.57. The van der Waals surface area contributed by atoms with Gasteiger partial charge in [0.05, 0.1) is 7.11 Å². The lowest BCUT2D eigenvalue weighted by molar-refractivity contribution is -0.121. The van der Waals surface area contributed by atoms with E-state index in [-0.39, 0.29) is 12.3 Å². The molecular formula is C21H20N6O3. The van der Waals surface area contributed by atoms with Crippen LogP contribution >= 0.6 is 0 Å². The number of hydrogen-bond donors (Lipinski definition) is 1. The van der Waals surface area contributed by atoms with Gasteiger partial charge < -0.3 is 14.6 Å². The third-order valence-electron chi connectivity index (χ3n) is 4.45. The molecule has 0 aliphatic heterocycles. The van der Waals surface area contributed by atoms with Crippen molar-refractivity contribution in [2.24, 2.45) is 0 Å². The molecule has 1 aromatic carbocycles.